The number of carboxylic acid groups (broad SMARTS) is 1. The van der Waals surface area contributed by atoms with Gasteiger partial charge in [-0.15, -0.1) is 0 Å². The summed E-state index contributed by atoms with van der Waals surface area (Å²) >= 11 is 0. The number of hydrogen-bond acceptors (Lipinski definition) is 3. The summed E-state index contributed by atoms with van der Waals surface area (Å²) in [5.74, 6) is -1.40. The molecular weight excluding hydrogens is 154 g/mol. The van der Waals surface area contributed by atoms with Crippen molar-refractivity contribution in [1.82, 2.24) is 0 Å². The van der Waals surface area contributed by atoms with Crippen LogP contribution >= 0.6 is 0 Å². The van der Waals surface area contributed by atoms with Crippen LogP contribution < -0.4 is 5.11 Å². The van der Waals surface area contributed by atoms with E-state index >= 15 is 0 Å². The van der Waals surface area contributed by atoms with E-state index in [1.807, 2.05) is 6.07 Å². The lowest BCUT2D eigenvalue weighted by molar-refractivity contribution is -0.294. The van der Waals surface area contributed by atoms with Gasteiger partial charge in [-0.3, -0.25) is 0 Å². The highest BCUT2D eigenvalue weighted by Gasteiger charge is 1.98. The Bertz CT molecular complexity index is 293. The molecule has 0 aliphatic rings. The topological polar surface area (TPSA) is 64.0 Å². The minimum Gasteiger partial charge on any atom is -0.543 e. The molecule has 0 unspecified atom stereocenters. The summed E-state index contributed by atoms with van der Waals surface area (Å²) in [6.45, 7) is 0. The number of benzene rings is 1. The molecule has 0 aromatic heterocycles. The summed E-state index contributed by atoms with van der Waals surface area (Å²) in [6, 6.07) is 9.00. The molecule has 12 heavy (non-hydrogen) atoms. The number of hydrogen-bond donors (Lipinski definition) is 1. The van der Waals surface area contributed by atoms with Crippen molar-refractivity contribution in [3.8, 4) is 0 Å². The number of carbonyl (C=O) groups is 1. The van der Waals surface area contributed by atoms with E-state index in [-0.39, 0.29) is 12.1 Å². The van der Waals surface area contributed by atoms with E-state index in [9.17, 15) is 9.90 Å². The van der Waals surface area contributed by atoms with Crippen molar-refractivity contribution in [2.24, 2.45) is 0 Å². The standard InChI is InChI=1S/C9H9NO2/c10-8(9(11)12)6-7-4-2-1-3-5-7/h1-5,10H,6H2,(H,11,12)/p-1. The van der Waals surface area contributed by atoms with Crippen LogP contribution in [0.5, 0.6) is 0 Å². The van der Waals surface area contributed by atoms with Crippen LogP contribution in [-0.2, 0) is 11.2 Å². The average Bonchev–Trinajstić information content (AvgIpc) is 2.06. The summed E-state index contributed by atoms with van der Waals surface area (Å²) in [5, 5.41) is 17.2. The number of carbonyl (C=O) groups excluding carboxylic acids is 1. The molecule has 0 bridgehead atoms. The van der Waals surface area contributed by atoms with Gasteiger partial charge in [0.25, 0.3) is 0 Å². The zero-order valence-corrected chi connectivity index (χ0v) is 6.41. The molecule has 1 aromatic rings. The highest BCUT2D eigenvalue weighted by molar-refractivity contribution is 6.33. The van der Waals surface area contributed by atoms with Gasteiger partial charge in [-0.1, -0.05) is 30.3 Å². The normalized spacial score (nSPS) is 9.33. The van der Waals surface area contributed by atoms with Crippen LogP contribution in [0.25, 0.3) is 0 Å². The third kappa shape index (κ3) is 2.20. The molecule has 3 heteroatoms. The van der Waals surface area contributed by atoms with Crippen molar-refractivity contribution in [3.05, 3.63) is 35.9 Å². The summed E-state index contributed by atoms with van der Waals surface area (Å²) in [5.41, 5.74) is 0.424. The number of rotatable bonds is 3. The molecule has 0 aliphatic heterocycles. The maximum absolute atomic E-state index is 10.2. The maximum atomic E-state index is 10.2. The van der Waals surface area contributed by atoms with Gasteiger partial charge < -0.3 is 15.3 Å². The van der Waals surface area contributed by atoms with Crippen LogP contribution in [-0.4, -0.2) is 11.7 Å². The van der Waals surface area contributed by atoms with E-state index in [4.69, 9.17) is 5.41 Å². The Kier molecular flexibility index (Phi) is 2.58. The number of nitrogens with one attached hydrogen (secondary N) is 1. The van der Waals surface area contributed by atoms with E-state index in [1.54, 1.807) is 24.3 Å². The van der Waals surface area contributed by atoms with Gasteiger partial charge in [0, 0.05) is 6.42 Å². The van der Waals surface area contributed by atoms with Crippen molar-refractivity contribution >= 4 is 11.7 Å². The first-order chi connectivity index (χ1) is 5.70. The first-order valence-corrected chi connectivity index (χ1v) is 3.53. The minimum atomic E-state index is -1.40. The number of carboxylic acids is 1. The van der Waals surface area contributed by atoms with Gasteiger partial charge in [0.1, 0.15) is 0 Å². The van der Waals surface area contributed by atoms with E-state index in [2.05, 4.69) is 0 Å². The highest BCUT2D eigenvalue weighted by atomic mass is 16.4. The Morgan fingerprint density at radius 1 is 1.33 bits per heavy atom. The molecular formula is C9H8NO2-. The van der Waals surface area contributed by atoms with Crippen molar-refractivity contribution in [3.63, 3.8) is 0 Å². The zero-order chi connectivity index (χ0) is 8.97. The fourth-order valence-corrected chi connectivity index (χ4v) is 0.872. The largest absolute Gasteiger partial charge is 0.543 e. The third-order valence-electron chi connectivity index (χ3n) is 1.47. The Hall–Kier alpha value is -1.64. The molecule has 0 saturated carbocycles. The zero-order valence-electron chi connectivity index (χ0n) is 6.41. The fourth-order valence-electron chi connectivity index (χ4n) is 0.872. The molecule has 0 aliphatic carbocycles. The first kappa shape index (κ1) is 8.46. The summed E-state index contributed by atoms with van der Waals surface area (Å²) in [7, 11) is 0. The predicted molar refractivity (Wildman–Crippen MR) is 42.9 cm³/mol. The van der Waals surface area contributed by atoms with Crippen LogP contribution in [0.4, 0.5) is 0 Å². The molecule has 1 aromatic carbocycles. The maximum Gasteiger partial charge on any atom is 0.0854 e. The number of aliphatic carboxylic acids is 1. The SMILES string of the molecule is N=C(Cc1ccccc1)C(=O)[O-]. The molecule has 0 radical (unpaired) electrons. The molecule has 0 heterocycles. The summed E-state index contributed by atoms with van der Waals surface area (Å²) in [6.07, 6.45) is 0.128. The van der Waals surface area contributed by atoms with Gasteiger partial charge in [-0.25, -0.2) is 0 Å². The third-order valence-corrected chi connectivity index (χ3v) is 1.47. The van der Waals surface area contributed by atoms with E-state index in [1.165, 1.54) is 0 Å². The van der Waals surface area contributed by atoms with Crippen molar-refractivity contribution in [2.45, 2.75) is 6.42 Å². The monoisotopic (exact) mass is 162 g/mol. The van der Waals surface area contributed by atoms with Crippen molar-refractivity contribution < 1.29 is 9.90 Å². The molecule has 1 N–H and O–H groups in total. The molecule has 3 nitrogen and oxygen atoms in total. The second-order valence-corrected chi connectivity index (χ2v) is 2.43. The Labute approximate surface area is 70.2 Å². The fraction of sp³-hybridized carbons (Fsp3) is 0.111. The van der Waals surface area contributed by atoms with Gasteiger partial charge in [-0.2, -0.15) is 0 Å². The van der Waals surface area contributed by atoms with Crippen LogP contribution in [0.2, 0.25) is 0 Å². The molecule has 0 spiro atoms. The van der Waals surface area contributed by atoms with Crippen LogP contribution in [0, 0.1) is 5.41 Å². The van der Waals surface area contributed by atoms with Gasteiger partial charge in [0.2, 0.25) is 0 Å². The summed E-state index contributed by atoms with van der Waals surface area (Å²) in [4.78, 5) is 10.2. The molecule has 62 valence electrons. The van der Waals surface area contributed by atoms with Crippen LogP contribution in [0.1, 0.15) is 5.56 Å². The van der Waals surface area contributed by atoms with Gasteiger partial charge in [0.15, 0.2) is 0 Å². The van der Waals surface area contributed by atoms with Gasteiger partial charge in [-0.05, 0) is 5.56 Å². The van der Waals surface area contributed by atoms with E-state index < -0.39 is 5.97 Å². The average molecular weight is 162 g/mol. The lowest BCUT2D eigenvalue weighted by Gasteiger charge is -2.03. The molecule has 0 atom stereocenters. The molecule has 0 amide bonds. The Morgan fingerprint density at radius 3 is 2.42 bits per heavy atom. The predicted octanol–water partition coefficient (Wildman–Crippen LogP) is -0.00123. The minimum absolute atomic E-state index is 0.128. The quantitative estimate of drug-likeness (QED) is 0.636. The molecule has 0 saturated heterocycles. The smallest absolute Gasteiger partial charge is 0.0854 e. The van der Waals surface area contributed by atoms with Gasteiger partial charge >= 0.3 is 0 Å². The Morgan fingerprint density at radius 2 is 1.92 bits per heavy atom. The first-order valence-electron chi connectivity index (χ1n) is 3.53. The second-order valence-electron chi connectivity index (χ2n) is 2.43. The molecule has 0 fully saturated rings. The summed E-state index contributed by atoms with van der Waals surface area (Å²) < 4.78 is 0. The lowest BCUT2D eigenvalue weighted by atomic mass is 10.1. The van der Waals surface area contributed by atoms with Gasteiger partial charge in [0.05, 0.1) is 11.7 Å². The van der Waals surface area contributed by atoms with Crippen molar-refractivity contribution in [1.29, 1.82) is 5.41 Å². The van der Waals surface area contributed by atoms with E-state index in [0.29, 0.717) is 0 Å². The Balaban J connectivity index is 2.65. The van der Waals surface area contributed by atoms with Crippen molar-refractivity contribution in [2.75, 3.05) is 0 Å². The lowest BCUT2D eigenvalue weighted by Crippen LogP contribution is -2.32. The second kappa shape index (κ2) is 3.67. The van der Waals surface area contributed by atoms with E-state index in [0.717, 1.165) is 5.56 Å². The van der Waals surface area contributed by atoms with Crippen LogP contribution in [0.3, 0.4) is 0 Å². The van der Waals surface area contributed by atoms with Crippen LogP contribution in [0.15, 0.2) is 30.3 Å². The molecule has 1 rings (SSSR count). The highest BCUT2D eigenvalue weighted by Crippen LogP contribution is 1.99.